The van der Waals surface area contributed by atoms with Crippen LogP contribution in [0.1, 0.15) is 31.5 Å². The van der Waals surface area contributed by atoms with Crippen LogP contribution in [0.25, 0.3) is 0 Å². The Balaban J connectivity index is 0.00000364. The molecule has 0 unspecified atom stereocenters. The minimum Gasteiger partial charge on any atom is -0.329 e. The summed E-state index contributed by atoms with van der Waals surface area (Å²) in [4.78, 5) is 16.8. The Bertz CT molecular complexity index is 881. The van der Waals surface area contributed by atoms with E-state index in [1.54, 1.807) is 12.1 Å². The first-order valence-electron chi connectivity index (χ1n) is 8.16. The Hall–Kier alpha value is -1.23. The van der Waals surface area contributed by atoms with Gasteiger partial charge in [0.05, 0.1) is 22.0 Å². The molecule has 2 rings (SSSR count). The average molecular weight is 469 g/mol. The van der Waals surface area contributed by atoms with Crippen LogP contribution in [0.5, 0.6) is 0 Å². The zero-order valence-electron chi connectivity index (χ0n) is 15.9. The average Bonchev–Trinajstić information content (AvgIpc) is 3.02. The van der Waals surface area contributed by atoms with Gasteiger partial charge in [-0.05, 0) is 18.2 Å². The molecule has 2 aromatic rings. The maximum Gasteiger partial charge on any atom is 0.240 e. The van der Waals surface area contributed by atoms with E-state index in [-0.39, 0.29) is 60.5 Å². The highest BCUT2D eigenvalue weighted by molar-refractivity contribution is 7.89. The van der Waals surface area contributed by atoms with Gasteiger partial charge >= 0.3 is 0 Å². The predicted molar refractivity (Wildman–Crippen MR) is 118 cm³/mol. The number of carbonyl (C=O) groups excluding carboxylic acids is 1. The summed E-state index contributed by atoms with van der Waals surface area (Å²) in [7, 11) is -3.64. The number of aromatic nitrogens is 1. The number of hydrogen-bond acceptors (Lipinski definition) is 6. The van der Waals surface area contributed by atoms with Gasteiger partial charge in [-0.15, -0.1) is 36.2 Å². The molecule has 0 atom stereocenters. The van der Waals surface area contributed by atoms with Crippen molar-refractivity contribution in [2.75, 3.05) is 18.4 Å². The molecule has 28 heavy (non-hydrogen) atoms. The van der Waals surface area contributed by atoms with Gasteiger partial charge in [-0.25, -0.2) is 18.1 Å². The van der Waals surface area contributed by atoms with Crippen LogP contribution in [0.4, 0.5) is 5.69 Å². The van der Waals surface area contributed by atoms with Crippen LogP contribution in [-0.4, -0.2) is 32.4 Å². The lowest BCUT2D eigenvalue weighted by molar-refractivity contribution is -0.115. The standard InChI is InChI=1S/C17H24N4O3S2.2ClH/c1-17(2,3)16-21-13(11-25-16)10-15(22)20-12-5-4-6-14(9-12)26(23,24)19-8-7-18;;/h4-6,9,11,19H,7-8,10,18H2,1-3H3,(H,20,22);2*1H. The van der Waals surface area contributed by atoms with Crippen molar-refractivity contribution in [3.63, 3.8) is 0 Å². The van der Waals surface area contributed by atoms with Crippen molar-refractivity contribution in [3.05, 3.63) is 40.3 Å². The van der Waals surface area contributed by atoms with Gasteiger partial charge in [0.25, 0.3) is 0 Å². The van der Waals surface area contributed by atoms with Crippen molar-refractivity contribution in [2.24, 2.45) is 5.73 Å². The second kappa shape index (κ2) is 11.1. The summed E-state index contributed by atoms with van der Waals surface area (Å²) in [6, 6.07) is 6.09. The number of anilines is 1. The van der Waals surface area contributed by atoms with E-state index in [4.69, 9.17) is 5.73 Å². The van der Waals surface area contributed by atoms with Crippen molar-refractivity contribution in [2.45, 2.75) is 37.5 Å². The first kappa shape index (κ1) is 26.8. The fourth-order valence-electron chi connectivity index (χ4n) is 2.12. The van der Waals surface area contributed by atoms with E-state index in [0.29, 0.717) is 11.4 Å². The lowest BCUT2D eigenvalue weighted by atomic mass is 9.98. The van der Waals surface area contributed by atoms with Gasteiger partial charge in [0.2, 0.25) is 15.9 Å². The van der Waals surface area contributed by atoms with Crippen LogP contribution < -0.4 is 15.8 Å². The zero-order valence-corrected chi connectivity index (χ0v) is 19.2. The lowest BCUT2D eigenvalue weighted by Gasteiger charge is -2.13. The monoisotopic (exact) mass is 468 g/mol. The van der Waals surface area contributed by atoms with E-state index in [2.05, 4.69) is 35.8 Å². The van der Waals surface area contributed by atoms with Gasteiger partial charge in [0, 0.05) is 29.6 Å². The number of thiazole rings is 1. The number of nitrogens with one attached hydrogen (secondary N) is 2. The zero-order chi connectivity index (χ0) is 19.4. The molecule has 0 aliphatic heterocycles. The highest BCUT2D eigenvalue weighted by Crippen LogP contribution is 2.25. The topological polar surface area (TPSA) is 114 Å². The fraction of sp³-hybridized carbons (Fsp3) is 0.412. The summed E-state index contributed by atoms with van der Waals surface area (Å²) >= 11 is 1.53. The minimum absolute atomic E-state index is 0. The van der Waals surface area contributed by atoms with Crippen LogP contribution in [-0.2, 0) is 26.7 Å². The van der Waals surface area contributed by atoms with Gasteiger partial charge in [0.15, 0.2) is 0 Å². The highest BCUT2D eigenvalue weighted by Gasteiger charge is 2.19. The predicted octanol–water partition coefficient (Wildman–Crippen LogP) is 2.70. The third-order valence-electron chi connectivity index (χ3n) is 3.40. The van der Waals surface area contributed by atoms with Crippen LogP contribution >= 0.6 is 36.2 Å². The van der Waals surface area contributed by atoms with E-state index in [1.807, 2.05) is 5.38 Å². The smallest absolute Gasteiger partial charge is 0.240 e. The number of amides is 1. The molecule has 4 N–H and O–H groups in total. The number of benzene rings is 1. The molecular weight excluding hydrogens is 443 g/mol. The van der Waals surface area contributed by atoms with E-state index >= 15 is 0 Å². The van der Waals surface area contributed by atoms with Crippen molar-refractivity contribution >= 4 is 57.8 Å². The van der Waals surface area contributed by atoms with E-state index in [1.165, 1.54) is 23.5 Å². The van der Waals surface area contributed by atoms with Gasteiger partial charge in [0.1, 0.15) is 0 Å². The molecule has 0 radical (unpaired) electrons. The Kier molecular flexibility index (Phi) is 10.6. The first-order valence-corrected chi connectivity index (χ1v) is 10.5. The fourth-order valence-corrected chi connectivity index (χ4v) is 4.12. The molecule has 7 nitrogen and oxygen atoms in total. The third kappa shape index (κ3) is 7.65. The molecule has 0 aliphatic carbocycles. The van der Waals surface area contributed by atoms with Gasteiger partial charge in [-0.3, -0.25) is 4.79 Å². The van der Waals surface area contributed by atoms with Gasteiger partial charge in [-0.1, -0.05) is 26.8 Å². The van der Waals surface area contributed by atoms with Crippen LogP contribution in [0.2, 0.25) is 0 Å². The highest BCUT2D eigenvalue weighted by atomic mass is 35.5. The normalized spacial score (nSPS) is 11.3. The van der Waals surface area contributed by atoms with Crippen molar-refractivity contribution < 1.29 is 13.2 Å². The minimum atomic E-state index is -3.64. The van der Waals surface area contributed by atoms with Gasteiger partial charge in [-0.2, -0.15) is 0 Å². The van der Waals surface area contributed by atoms with Crippen LogP contribution in [0.15, 0.2) is 34.5 Å². The number of rotatable bonds is 7. The molecule has 0 bridgehead atoms. The van der Waals surface area contributed by atoms with Crippen molar-refractivity contribution in [3.8, 4) is 0 Å². The molecule has 1 aromatic heterocycles. The Morgan fingerprint density at radius 1 is 1.25 bits per heavy atom. The summed E-state index contributed by atoms with van der Waals surface area (Å²) in [6.45, 7) is 6.57. The quantitative estimate of drug-likeness (QED) is 0.577. The SMILES string of the molecule is CC(C)(C)c1nc(CC(=O)Nc2cccc(S(=O)(=O)NCCN)c2)cs1.Cl.Cl. The van der Waals surface area contributed by atoms with Crippen LogP contribution in [0, 0.1) is 0 Å². The number of nitrogens with zero attached hydrogens (tertiary/aromatic N) is 1. The third-order valence-corrected chi connectivity index (χ3v) is 6.18. The molecule has 1 amide bonds. The van der Waals surface area contributed by atoms with Crippen molar-refractivity contribution in [1.29, 1.82) is 0 Å². The maximum absolute atomic E-state index is 12.2. The largest absolute Gasteiger partial charge is 0.329 e. The Morgan fingerprint density at radius 2 is 1.93 bits per heavy atom. The van der Waals surface area contributed by atoms with E-state index in [0.717, 1.165) is 5.01 Å². The lowest BCUT2D eigenvalue weighted by Crippen LogP contribution is -2.29. The number of halogens is 2. The second-order valence-electron chi connectivity index (χ2n) is 6.83. The molecule has 1 aromatic carbocycles. The summed E-state index contributed by atoms with van der Waals surface area (Å²) in [5.74, 6) is -0.250. The summed E-state index contributed by atoms with van der Waals surface area (Å²) < 4.78 is 26.6. The van der Waals surface area contributed by atoms with E-state index in [9.17, 15) is 13.2 Å². The number of sulfonamides is 1. The Labute approximate surface area is 182 Å². The molecule has 158 valence electrons. The number of nitrogens with two attached hydrogens (primary N) is 1. The first-order chi connectivity index (χ1) is 12.1. The van der Waals surface area contributed by atoms with Gasteiger partial charge < -0.3 is 11.1 Å². The maximum atomic E-state index is 12.2. The molecule has 11 heteroatoms. The number of hydrogen-bond donors (Lipinski definition) is 3. The molecular formula is C17H26Cl2N4O3S2. The molecule has 0 saturated heterocycles. The Morgan fingerprint density at radius 3 is 2.50 bits per heavy atom. The molecule has 0 aliphatic rings. The second-order valence-corrected chi connectivity index (χ2v) is 9.46. The summed E-state index contributed by atoms with van der Waals surface area (Å²) in [6.07, 6.45) is 0.134. The van der Waals surface area contributed by atoms with E-state index < -0.39 is 10.0 Å². The number of carbonyl (C=O) groups is 1. The molecule has 0 fully saturated rings. The molecule has 1 heterocycles. The molecule has 0 spiro atoms. The van der Waals surface area contributed by atoms with Crippen LogP contribution in [0.3, 0.4) is 0 Å². The van der Waals surface area contributed by atoms with Crippen molar-refractivity contribution in [1.82, 2.24) is 9.71 Å². The summed E-state index contributed by atoms with van der Waals surface area (Å²) in [5.41, 5.74) is 6.38. The summed E-state index contributed by atoms with van der Waals surface area (Å²) in [5, 5.41) is 5.56. The molecule has 0 saturated carbocycles.